The molecule has 0 radical (unpaired) electrons. The Kier molecular flexibility index (Phi) is 5.50. The fourth-order valence-electron chi connectivity index (χ4n) is 1.18. The summed E-state index contributed by atoms with van der Waals surface area (Å²) in [5.41, 5.74) is -0.949. The Bertz CT molecular complexity index is 328. The zero-order valence-corrected chi connectivity index (χ0v) is 9.86. The van der Waals surface area contributed by atoms with Crippen LogP contribution in [0, 0.1) is 5.41 Å². The van der Waals surface area contributed by atoms with E-state index in [0.29, 0.717) is 0 Å². The Morgan fingerprint density at radius 3 is 2.25 bits per heavy atom. The fourth-order valence-corrected chi connectivity index (χ4v) is 1.18. The van der Waals surface area contributed by atoms with Gasteiger partial charge in [0, 0.05) is 5.57 Å². The molecule has 0 aliphatic heterocycles. The molecule has 0 amide bonds. The van der Waals surface area contributed by atoms with Gasteiger partial charge in [0.15, 0.2) is 0 Å². The van der Waals surface area contributed by atoms with E-state index in [1.54, 1.807) is 0 Å². The number of rotatable bonds is 2. The van der Waals surface area contributed by atoms with Crippen molar-refractivity contribution in [3.05, 3.63) is 23.8 Å². The third-order valence-corrected chi connectivity index (χ3v) is 2.08. The van der Waals surface area contributed by atoms with Crippen LogP contribution in [0.2, 0.25) is 0 Å². The summed E-state index contributed by atoms with van der Waals surface area (Å²) in [5.74, 6) is -2.06. The van der Waals surface area contributed by atoms with Gasteiger partial charge in [-0.25, -0.2) is 4.79 Å². The molecule has 0 aromatic carbocycles. The average Bonchev–Trinajstić information content (AvgIpc) is 2.18. The van der Waals surface area contributed by atoms with E-state index in [9.17, 15) is 9.59 Å². The van der Waals surface area contributed by atoms with Crippen LogP contribution in [0.5, 0.6) is 0 Å². The minimum Gasteiger partial charge on any atom is -0.481 e. The van der Waals surface area contributed by atoms with Crippen molar-refractivity contribution in [2.24, 2.45) is 5.41 Å². The third-order valence-electron chi connectivity index (χ3n) is 2.08. The zero-order chi connectivity index (χ0) is 12.8. The van der Waals surface area contributed by atoms with Crippen molar-refractivity contribution < 1.29 is 19.8 Å². The second-order valence-corrected chi connectivity index (χ2v) is 3.96. The summed E-state index contributed by atoms with van der Waals surface area (Å²) in [7, 11) is 0. The normalized spacial score (nSPS) is 22.8. The standard InChI is InChI=1S/C9H10O4.C3H8/c1-9(8(12)13)4-2-3-6(5-9)7(10)11;1-3-2/h2-4H,5H2,1H3,(H,10,11)(H,12,13);3H2,1-2H3. The SMILES string of the molecule is CC1(C(=O)O)C=CC=C(C(=O)O)C1.CCC. The Morgan fingerprint density at radius 2 is 1.88 bits per heavy atom. The third kappa shape index (κ3) is 3.88. The molecule has 4 heteroatoms. The maximum absolute atomic E-state index is 10.8. The molecular weight excluding hydrogens is 208 g/mol. The highest BCUT2D eigenvalue weighted by Gasteiger charge is 2.34. The van der Waals surface area contributed by atoms with Crippen molar-refractivity contribution >= 4 is 11.9 Å². The van der Waals surface area contributed by atoms with E-state index >= 15 is 0 Å². The second kappa shape index (κ2) is 6.10. The minimum absolute atomic E-state index is 0.0359. The van der Waals surface area contributed by atoms with Gasteiger partial charge in [-0.3, -0.25) is 4.79 Å². The zero-order valence-electron chi connectivity index (χ0n) is 9.86. The largest absolute Gasteiger partial charge is 0.481 e. The van der Waals surface area contributed by atoms with E-state index in [-0.39, 0.29) is 12.0 Å². The van der Waals surface area contributed by atoms with E-state index in [1.165, 1.54) is 31.6 Å². The van der Waals surface area contributed by atoms with Crippen molar-refractivity contribution in [3.63, 3.8) is 0 Å². The van der Waals surface area contributed by atoms with Crippen LogP contribution in [0.25, 0.3) is 0 Å². The molecule has 0 fully saturated rings. The van der Waals surface area contributed by atoms with Gasteiger partial charge in [-0.15, -0.1) is 0 Å². The molecule has 2 N–H and O–H groups in total. The lowest BCUT2D eigenvalue weighted by molar-refractivity contribution is -0.145. The van der Waals surface area contributed by atoms with Gasteiger partial charge in [0.1, 0.15) is 0 Å². The van der Waals surface area contributed by atoms with Gasteiger partial charge in [0.25, 0.3) is 0 Å². The van der Waals surface area contributed by atoms with Gasteiger partial charge in [-0.2, -0.15) is 0 Å². The van der Waals surface area contributed by atoms with Crippen molar-refractivity contribution in [2.45, 2.75) is 33.6 Å². The summed E-state index contributed by atoms with van der Waals surface area (Å²) < 4.78 is 0. The first-order valence-electron chi connectivity index (χ1n) is 5.22. The molecule has 1 rings (SSSR count). The van der Waals surface area contributed by atoms with E-state index in [0.717, 1.165) is 0 Å². The van der Waals surface area contributed by atoms with Crippen LogP contribution < -0.4 is 0 Å². The van der Waals surface area contributed by atoms with Crippen LogP contribution in [0.1, 0.15) is 33.6 Å². The van der Waals surface area contributed by atoms with Gasteiger partial charge in [-0.1, -0.05) is 38.5 Å². The summed E-state index contributed by atoms with van der Waals surface area (Å²) in [5, 5.41) is 17.5. The van der Waals surface area contributed by atoms with E-state index in [1.807, 2.05) is 0 Å². The predicted molar refractivity (Wildman–Crippen MR) is 61.2 cm³/mol. The molecule has 0 saturated carbocycles. The Labute approximate surface area is 95.3 Å². The molecule has 0 bridgehead atoms. The van der Waals surface area contributed by atoms with Crippen molar-refractivity contribution in [3.8, 4) is 0 Å². The molecule has 1 aliphatic rings. The number of hydrogen-bond donors (Lipinski definition) is 2. The van der Waals surface area contributed by atoms with Crippen LogP contribution in [0.3, 0.4) is 0 Å². The first-order valence-corrected chi connectivity index (χ1v) is 5.22. The summed E-state index contributed by atoms with van der Waals surface area (Å²) in [6.45, 7) is 5.75. The summed E-state index contributed by atoms with van der Waals surface area (Å²) in [6, 6.07) is 0. The Balaban J connectivity index is 0.000000673. The molecule has 0 aromatic heterocycles. The second-order valence-electron chi connectivity index (χ2n) is 3.96. The number of carboxylic acid groups (broad SMARTS) is 2. The Hall–Kier alpha value is -1.58. The minimum atomic E-state index is -1.08. The van der Waals surface area contributed by atoms with Gasteiger partial charge < -0.3 is 10.2 Å². The summed E-state index contributed by atoms with van der Waals surface area (Å²) in [4.78, 5) is 21.3. The average molecular weight is 226 g/mol. The monoisotopic (exact) mass is 226 g/mol. The van der Waals surface area contributed by atoms with Gasteiger partial charge in [0.2, 0.25) is 0 Å². The topological polar surface area (TPSA) is 74.6 Å². The maximum atomic E-state index is 10.8. The smallest absolute Gasteiger partial charge is 0.331 e. The highest BCUT2D eigenvalue weighted by Crippen LogP contribution is 2.31. The predicted octanol–water partition coefficient (Wildman–Crippen LogP) is 2.46. The van der Waals surface area contributed by atoms with Crippen molar-refractivity contribution in [1.82, 2.24) is 0 Å². The molecule has 0 saturated heterocycles. The molecule has 1 atom stereocenters. The van der Waals surface area contributed by atoms with Crippen molar-refractivity contribution in [1.29, 1.82) is 0 Å². The van der Waals surface area contributed by atoms with E-state index in [2.05, 4.69) is 13.8 Å². The highest BCUT2D eigenvalue weighted by molar-refractivity contribution is 5.90. The molecule has 1 unspecified atom stereocenters. The molecule has 4 nitrogen and oxygen atoms in total. The lowest BCUT2D eigenvalue weighted by Gasteiger charge is -2.23. The first-order chi connectivity index (χ1) is 7.37. The fraction of sp³-hybridized carbons (Fsp3) is 0.500. The number of aliphatic carboxylic acids is 2. The van der Waals surface area contributed by atoms with Crippen LogP contribution in [0.15, 0.2) is 23.8 Å². The number of carbonyl (C=O) groups is 2. The molecule has 0 heterocycles. The Morgan fingerprint density at radius 1 is 1.38 bits per heavy atom. The summed E-state index contributed by atoms with van der Waals surface area (Å²) >= 11 is 0. The molecule has 16 heavy (non-hydrogen) atoms. The number of hydrogen-bond acceptors (Lipinski definition) is 2. The van der Waals surface area contributed by atoms with Gasteiger partial charge in [-0.05, 0) is 13.3 Å². The quantitative estimate of drug-likeness (QED) is 0.758. The first kappa shape index (κ1) is 14.4. The molecule has 90 valence electrons. The van der Waals surface area contributed by atoms with Gasteiger partial charge >= 0.3 is 11.9 Å². The maximum Gasteiger partial charge on any atom is 0.331 e. The molecule has 1 aliphatic carbocycles. The lowest BCUT2D eigenvalue weighted by Crippen LogP contribution is -2.28. The van der Waals surface area contributed by atoms with Crippen LogP contribution in [0.4, 0.5) is 0 Å². The lowest BCUT2D eigenvalue weighted by atomic mass is 9.80. The summed E-state index contributed by atoms with van der Waals surface area (Å²) in [6.07, 6.45) is 5.68. The van der Waals surface area contributed by atoms with Gasteiger partial charge in [0.05, 0.1) is 5.41 Å². The molecular formula is C12H18O4. The highest BCUT2D eigenvalue weighted by atomic mass is 16.4. The van der Waals surface area contributed by atoms with Crippen LogP contribution >= 0.6 is 0 Å². The van der Waals surface area contributed by atoms with Crippen molar-refractivity contribution in [2.75, 3.05) is 0 Å². The number of carboxylic acids is 2. The van der Waals surface area contributed by atoms with E-state index in [4.69, 9.17) is 10.2 Å². The molecule has 0 spiro atoms. The van der Waals surface area contributed by atoms with Crippen LogP contribution in [-0.4, -0.2) is 22.2 Å². The van der Waals surface area contributed by atoms with E-state index < -0.39 is 17.4 Å². The number of allylic oxidation sites excluding steroid dienone is 2. The van der Waals surface area contributed by atoms with Crippen LogP contribution in [-0.2, 0) is 9.59 Å². The molecule has 0 aromatic rings.